The number of hydrogen-bond donors (Lipinski definition) is 0. The van der Waals surface area contributed by atoms with Gasteiger partial charge in [-0.1, -0.05) is 37.1 Å². The third kappa shape index (κ3) is 1.97. The highest BCUT2D eigenvalue weighted by molar-refractivity contribution is 5.89. The summed E-state index contributed by atoms with van der Waals surface area (Å²) in [6, 6.07) is 14.4. The summed E-state index contributed by atoms with van der Waals surface area (Å²) in [5.41, 5.74) is 3.31. The molecule has 0 saturated heterocycles. The van der Waals surface area contributed by atoms with E-state index in [-0.39, 0.29) is 5.54 Å². The number of rotatable bonds is 0. The second-order valence-corrected chi connectivity index (χ2v) is 7.76. The summed E-state index contributed by atoms with van der Waals surface area (Å²) in [5, 5.41) is 2.78. The van der Waals surface area contributed by atoms with E-state index < -0.39 is 0 Å². The van der Waals surface area contributed by atoms with Crippen molar-refractivity contribution in [1.82, 2.24) is 0 Å². The predicted octanol–water partition coefficient (Wildman–Crippen LogP) is 5.48. The molecule has 0 spiro atoms. The average Bonchev–Trinajstić information content (AvgIpc) is 2.78. The Hall–Kier alpha value is -1.50. The minimum Gasteiger partial charge on any atom is -0.363 e. The summed E-state index contributed by atoms with van der Waals surface area (Å²) in [4.78, 5) is 2.72. The molecule has 2 unspecified atom stereocenters. The number of anilines is 1. The normalized spacial score (nSPS) is 25.0. The van der Waals surface area contributed by atoms with E-state index in [1.807, 2.05) is 0 Å². The average molecular weight is 279 g/mol. The van der Waals surface area contributed by atoms with Crippen LogP contribution in [-0.2, 0) is 0 Å². The maximum atomic E-state index is 2.72. The van der Waals surface area contributed by atoms with Gasteiger partial charge in [0, 0.05) is 23.2 Å². The van der Waals surface area contributed by atoms with Crippen molar-refractivity contribution < 1.29 is 0 Å². The Morgan fingerprint density at radius 1 is 0.952 bits per heavy atom. The second kappa shape index (κ2) is 4.50. The molecule has 1 nitrogen and oxygen atoms in total. The molecule has 1 aliphatic carbocycles. The van der Waals surface area contributed by atoms with Crippen LogP contribution < -0.4 is 4.90 Å². The summed E-state index contributed by atoms with van der Waals surface area (Å²) >= 11 is 0. The number of fused-ring (bicyclic) bond motifs is 4. The zero-order chi connectivity index (χ0) is 14.6. The van der Waals surface area contributed by atoms with Gasteiger partial charge in [-0.15, -0.1) is 0 Å². The molecule has 1 heteroatoms. The Balaban J connectivity index is 1.94. The van der Waals surface area contributed by atoms with Crippen molar-refractivity contribution in [2.24, 2.45) is 0 Å². The lowest BCUT2D eigenvalue weighted by Crippen LogP contribution is -2.48. The van der Waals surface area contributed by atoms with Gasteiger partial charge in [0.25, 0.3) is 0 Å². The Labute approximate surface area is 128 Å². The van der Waals surface area contributed by atoms with Crippen LogP contribution in [0.1, 0.15) is 57.9 Å². The van der Waals surface area contributed by atoms with Crippen LogP contribution in [-0.4, -0.2) is 11.6 Å². The molecular weight excluding hydrogens is 254 g/mol. The molecule has 0 bridgehead atoms. The smallest absolute Gasteiger partial charge is 0.0415 e. The molecule has 4 rings (SSSR count). The summed E-state index contributed by atoms with van der Waals surface area (Å²) in [7, 11) is 0. The first-order valence-electron chi connectivity index (χ1n) is 8.38. The predicted molar refractivity (Wildman–Crippen MR) is 91.2 cm³/mol. The van der Waals surface area contributed by atoms with E-state index in [2.05, 4.69) is 62.1 Å². The molecule has 1 saturated carbocycles. The SMILES string of the molecule is CC(C)(C)N1c2cc3ccccc3cc2C2CCCCC21. The van der Waals surface area contributed by atoms with Crippen molar-refractivity contribution in [2.45, 2.75) is 64.0 Å². The van der Waals surface area contributed by atoms with E-state index in [0.29, 0.717) is 6.04 Å². The molecule has 1 heterocycles. The Morgan fingerprint density at radius 2 is 1.62 bits per heavy atom. The van der Waals surface area contributed by atoms with Crippen LogP contribution in [0, 0.1) is 0 Å². The minimum absolute atomic E-state index is 0.202. The van der Waals surface area contributed by atoms with E-state index in [1.54, 1.807) is 5.56 Å². The zero-order valence-electron chi connectivity index (χ0n) is 13.4. The van der Waals surface area contributed by atoms with Crippen molar-refractivity contribution in [3.8, 4) is 0 Å². The standard InChI is InChI=1S/C20H25N/c1-20(2,3)21-18-11-7-6-10-16(18)17-12-14-8-4-5-9-15(14)13-19(17)21/h4-5,8-9,12-13,16,18H,6-7,10-11H2,1-3H3. The first-order chi connectivity index (χ1) is 10.1. The molecule has 2 aromatic rings. The number of nitrogens with zero attached hydrogens (tertiary/aromatic N) is 1. The van der Waals surface area contributed by atoms with Gasteiger partial charge in [-0.25, -0.2) is 0 Å². The van der Waals surface area contributed by atoms with Crippen LogP contribution in [0.15, 0.2) is 36.4 Å². The first kappa shape index (κ1) is 13.2. The van der Waals surface area contributed by atoms with E-state index in [4.69, 9.17) is 0 Å². The zero-order valence-corrected chi connectivity index (χ0v) is 13.4. The van der Waals surface area contributed by atoms with Gasteiger partial charge in [0.15, 0.2) is 0 Å². The summed E-state index contributed by atoms with van der Waals surface area (Å²) in [6.07, 6.45) is 5.50. The fraction of sp³-hybridized carbons (Fsp3) is 0.500. The fourth-order valence-corrected chi connectivity index (χ4v) is 4.57. The third-order valence-electron chi connectivity index (χ3n) is 5.34. The van der Waals surface area contributed by atoms with Gasteiger partial charge in [0.2, 0.25) is 0 Å². The van der Waals surface area contributed by atoms with Crippen LogP contribution in [0.3, 0.4) is 0 Å². The maximum absolute atomic E-state index is 2.72. The lowest BCUT2D eigenvalue weighted by atomic mass is 9.81. The third-order valence-corrected chi connectivity index (χ3v) is 5.34. The molecule has 0 radical (unpaired) electrons. The molecule has 0 aromatic heterocycles. The summed E-state index contributed by atoms with van der Waals surface area (Å²) < 4.78 is 0. The Bertz CT molecular complexity index is 680. The topological polar surface area (TPSA) is 3.24 Å². The Morgan fingerprint density at radius 3 is 2.33 bits per heavy atom. The highest BCUT2D eigenvalue weighted by Crippen LogP contribution is 2.51. The molecule has 2 aromatic carbocycles. The van der Waals surface area contributed by atoms with Crippen LogP contribution >= 0.6 is 0 Å². The molecule has 2 aliphatic rings. The van der Waals surface area contributed by atoms with Crippen LogP contribution in [0.2, 0.25) is 0 Å². The lowest BCUT2D eigenvalue weighted by Gasteiger charge is -2.42. The van der Waals surface area contributed by atoms with Crippen molar-refractivity contribution in [3.05, 3.63) is 42.0 Å². The Kier molecular flexibility index (Phi) is 2.82. The first-order valence-corrected chi connectivity index (χ1v) is 8.38. The van der Waals surface area contributed by atoms with Crippen molar-refractivity contribution in [1.29, 1.82) is 0 Å². The van der Waals surface area contributed by atoms with Crippen molar-refractivity contribution in [2.75, 3.05) is 4.90 Å². The van der Waals surface area contributed by atoms with Gasteiger partial charge in [0.1, 0.15) is 0 Å². The van der Waals surface area contributed by atoms with Crippen molar-refractivity contribution in [3.63, 3.8) is 0 Å². The van der Waals surface area contributed by atoms with Crippen LogP contribution in [0.25, 0.3) is 10.8 Å². The van der Waals surface area contributed by atoms with Gasteiger partial charge in [-0.05, 0) is 62.1 Å². The molecular formula is C20H25N. The minimum atomic E-state index is 0.202. The maximum Gasteiger partial charge on any atom is 0.0415 e. The van der Waals surface area contributed by atoms with Gasteiger partial charge < -0.3 is 4.90 Å². The monoisotopic (exact) mass is 279 g/mol. The molecule has 110 valence electrons. The fourth-order valence-electron chi connectivity index (χ4n) is 4.57. The molecule has 1 aliphatic heterocycles. The highest BCUT2D eigenvalue weighted by Gasteiger charge is 2.43. The second-order valence-electron chi connectivity index (χ2n) is 7.76. The summed E-state index contributed by atoms with van der Waals surface area (Å²) in [6.45, 7) is 7.09. The quantitative estimate of drug-likeness (QED) is 0.617. The number of hydrogen-bond acceptors (Lipinski definition) is 1. The van der Waals surface area contributed by atoms with E-state index >= 15 is 0 Å². The number of benzene rings is 2. The van der Waals surface area contributed by atoms with E-state index in [1.165, 1.54) is 42.1 Å². The molecule has 0 amide bonds. The van der Waals surface area contributed by atoms with Crippen LogP contribution in [0.4, 0.5) is 5.69 Å². The molecule has 21 heavy (non-hydrogen) atoms. The van der Waals surface area contributed by atoms with Gasteiger partial charge >= 0.3 is 0 Å². The van der Waals surface area contributed by atoms with Gasteiger partial charge in [-0.3, -0.25) is 0 Å². The largest absolute Gasteiger partial charge is 0.363 e. The van der Waals surface area contributed by atoms with E-state index in [0.717, 1.165) is 5.92 Å². The van der Waals surface area contributed by atoms with Crippen molar-refractivity contribution >= 4 is 16.5 Å². The highest BCUT2D eigenvalue weighted by atomic mass is 15.2. The van der Waals surface area contributed by atoms with Crippen LogP contribution in [0.5, 0.6) is 0 Å². The molecule has 2 atom stereocenters. The molecule has 0 N–H and O–H groups in total. The summed E-state index contributed by atoms with van der Waals surface area (Å²) in [5.74, 6) is 0.748. The lowest BCUT2D eigenvalue weighted by molar-refractivity contribution is 0.341. The van der Waals surface area contributed by atoms with Gasteiger partial charge in [-0.2, -0.15) is 0 Å². The van der Waals surface area contributed by atoms with Gasteiger partial charge in [0.05, 0.1) is 0 Å². The van der Waals surface area contributed by atoms with E-state index in [9.17, 15) is 0 Å². The molecule has 1 fully saturated rings.